The molecule has 0 amide bonds. The van der Waals surface area contributed by atoms with E-state index in [0.717, 1.165) is 0 Å². The molecule has 0 N–H and O–H groups in total. The van der Waals surface area contributed by atoms with E-state index in [0.29, 0.717) is 19.8 Å². The summed E-state index contributed by atoms with van der Waals surface area (Å²) in [5.41, 5.74) is 0.571. The molecule has 0 aliphatic carbocycles. The molecule has 0 atom stereocenters. The summed E-state index contributed by atoms with van der Waals surface area (Å²) in [7, 11) is 0. The zero-order valence-corrected chi connectivity index (χ0v) is 12.2. The van der Waals surface area contributed by atoms with Crippen LogP contribution in [0, 0.1) is 0 Å². The van der Waals surface area contributed by atoms with Crippen molar-refractivity contribution in [1.82, 2.24) is 0 Å². The van der Waals surface area contributed by atoms with Gasteiger partial charge < -0.3 is 0 Å². The van der Waals surface area contributed by atoms with Crippen molar-refractivity contribution in [3.05, 3.63) is 56.2 Å². The van der Waals surface area contributed by atoms with Gasteiger partial charge in [-0.25, -0.2) is 0 Å². The lowest BCUT2D eigenvalue weighted by atomic mass is 10.0. The first-order valence-corrected chi connectivity index (χ1v) is 7.21. The summed E-state index contributed by atoms with van der Waals surface area (Å²) in [6.45, 7) is 0. The molecule has 0 aliphatic heterocycles. The quantitative estimate of drug-likeness (QED) is 0.736. The van der Waals surface area contributed by atoms with Gasteiger partial charge in [-0.05, 0) is 36.4 Å². The minimum atomic E-state index is -0.0623. The number of hydrogen-bond acceptors (Lipinski definition) is 3. The van der Waals surface area contributed by atoms with Gasteiger partial charge in [0.25, 0.3) is 0 Å². The van der Waals surface area contributed by atoms with Crippen molar-refractivity contribution in [2.45, 2.75) is 12.8 Å². The molecule has 0 fully saturated rings. The highest BCUT2D eigenvalue weighted by molar-refractivity contribution is 7.18. The lowest BCUT2D eigenvalue weighted by Crippen LogP contribution is -2.03. The van der Waals surface area contributed by atoms with E-state index in [4.69, 9.17) is 23.2 Å². The third-order valence-electron chi connectivity index (χ3n) is 2.59. The first-order valence-electron chi connectivity index (χ1n) is 5.63. The van der Waals surface area contributed by atoms with E-state index >= 15 is 0 Å². The van der Waals surface area contributed by atoms with E-state index in [1.54, 1.807) is 36.4 Å². The first-order chi connectivity index (χ1) is 9.06. The van der Waals surface area contributed by atoms with Crippen LogP contribution in [0.3, 0.4) is 0 Å². The van der Waals surface area contributed by atoms with Gasteiger partial charge in [-0.15, -0.1) is 11.3 Å². The molecule has 2 aromatic rings. The van der Waals surface area contributed by atoms with Gasteiger partial charge in [0.2, 0.25) is 0 Å². The van der Waals surface area contributed by atoms with Crippen molar-refractivity contribution in [2.75, 3.05) is 0 Å². The third kappa shape index (κ3) is 3.90. The second kappa shape index (κ2) is 6.33. The van der Waals surface area contributed by atoms with Gasteiger partial charge in [-0.3, -0.25) is 9.59 Å². The van der Waals surface area contributed by atoms with Crippen molar-refractivity contribution in [3.8, 4) is 0 Å². The second-order valence-electron chi connectivity index (χ2n) is 3.96. The second-order valence-corrected chi connectivity index (χ2v) is 6.11. The number of carbonyl (C=O) groups excluding carboxylic acids is 2. The molecule has 0 unspecified atom stereocenters. The van der Waals surface area contributed by atoms with Crippen LogP contribution in [0.2, 0.25) is 9.36 Å². The third-order valence-corrected chi connectivity index (χ3v) is 4.12. The molecule has 0 saturated heterocycles. The summed E-state index contributed by atoms with van der Waals surface area (Å²) >= 11 is 12.7. The highest BCUT2D eigenvalue weighted by Crippen LogP contribution is 2.23. The predicted octanol–water partition coefficient (Wildman–Crippen LogP) is 4.90. The number of halogens is 2. The lowest BCUT2D eigenvalue weighted by molar-refractivity contribution is 0.0919. The van der Waals surface area contributed by atoms with Gasteiger partial charge in [0.05, 0.1) is 9.21 Å². The molecule has 0 radical (unpaired) electrons. The molecule has 0 bridgehead atoms. The molecule has 98 valence electrons. The Kier molecular flexibility index (Phi) is 4.75. The summed E-state index contributed by atoms with van der Waals surface area (Å²) in [4.78, 5) is 24.3. The van der Waals surface area contributed by atoms with Gasteiger partial charge in [-0.2, -0.15) is 0 Å². The van der Waals surface area contributed by atoms with Gasteiger partial charge in [0.15, 0.2) is 11.6 Å². The lowest BCUT2D eigenvalue weighted by Gasteiger charge is -2.00. The Morgan fingerprint density at radius 1 is 0.895 bits per heavy atom. The fraction of sp³-hybridized carbons (Fsp3) is 0.143. The normalized spacial score (nSPS) is 10.4. The number of hydrogen-bond donors (Lipinski definition) is 0. The van der Waals surface area contributed by atoms with E-state index in [1.165, 1.54) is 11.3 Å². The molecule has 2 rings (SSSR count). The van der Waals surface area contributed by atoms with Crippen LogP contribution in [-0.4, -0.2) is 11.6 Å². The minimum Gasteiger partial charge on any atom is -0.294 e. The molecule has 1 heterocycles. The van der Waals surface area contributed by atoms with Crippen molar-refractivity contribution >= 4 is 46.1 Å². The van der Waals surface area contributed by atoms with Crippen LogP contribution in [-0.2, 0) is 0 Å². The Bertz CT molecular complexity index is 602. The van der Waals surface area contributed by atoms with Gasteiger partial charge >= 0.3 is 0 Å². The maximum Gasteiger partial charge on any atom is 0.173 e. The number of carbonyl (C=O) groups is 2. The summed E-state index contributed by atoms with van der Waals surface area (Å²) in [5, 5.41) is 0.584. The Hall–Kier alpha value is -1.16. The molecule has 0 aliphatic rings. The zero-order valence-electron chi connectivity index (χ0n) is 9.86. The standard InChI is InChI=1S/C14H10Cl2O2S/c15-10-3-1-9(2-4-10)11(17)5-6-12(18)13-7-8-14(16)19-13/h1-4,7-8H,5-6H2. The van der Waals surface area contributed by atoms with Crippen molar-refractivity contribution < 1.29 is 9.59 Å². The van der Waals surface area contributed by atoms with Crippen molar-refractivity contribution in [3.63, 3.8) is 0 Å². The topological polar surface area (TPSA) is 34.1 Å². The van der Waals surface area contributed by atoms with Crippen LogP contribution >= 0.6 is 34.5 Å². The number of rotatable bonds is 5. The maximum atomic E-state index is 11.9. The number of Topliss-reactive ketones (excluding diaryl/α,β-unsaturated/α-hetero) is 2. The predicted molar refractivity (Wildman–Crippen MR) is 78.7 cm³/mol. The van der Waals surface area contributed by atoms with E-state index in [1.807, 2.05) is 0 Å². The Morgan fingerprint density at radius 2 is 1.53 bits per heavy atom. The molecule has 5 heteroatoms. The van der Waals surface area contributed by atoms with Crippen LogP contribution in [0.4, 0.5) is 0 Å². The molecule has 19 heavy (non-hydrogen) atoms. The summed E-state index contributed by atoms with van der Waals surface area (Å²) in [6, 6.07) is 10.0. The Labute approximate surface area is 125 Å². The SMILES string of the molecule is O=C(CCC(=O)c1ccc(Cl)s1)c1ccc(Cl)cc1. The summed E-state index contributed by atoms with van der Waals surface area (Å²) in [5.74, 6) is -0.119. The number of thiophene rings is 1. The number of benzene rings is 1. The van der Waals surface area contributed by atoms with E-state index in [2.05, 4.69) is 0 Å². The minimum absolute atomic E-state index is 0.0563. The van der Waals surface area contributed by atoms with Crippen LogP contribution in [0.15, 0.2) is 36.4 Å². The Morgan fingerprint density at radius 3 is 2.11 bits per heavy atom. The smallest absolute Gasteiger partial charge is 0.173 e. The monoisotopic (exact) mass is 312 g/mol. The molecular formula is C14H10Cl2O2S. The van der Waals surface area contributed by atoms with Crippen LogP contribution in [0.25, 0.3) is 0 Å². The fourth-order valence-electron chi connectivity index (χ4n) is 1.59. The molecular weight excluding hydrogens is 303 g/mol. The highest BCUT2D eigenvalue weighted by Gasteiger charge is 2.12. The summed E-state index contributed by atoms with van der Waals surface area (Å²) < 4.78 is 0.576. The van der Waals surface area contributed by atoms with E-state index in [-0.39, 0.29) is 24.4 Å². The Balaban J connectivity index is 1.93. The number of ketones is 2. The largest absolute Gasteiger partial charge is 0.294 e. The molecule has 0 saturated carbocycles. The maximum absolute atomic E-state index is 11.9. The van der Waals surface area contributed by atoms with Crippen molar-refractivity contribution in [1.29, 1.82) is 0 Å². The van der Waals surface area contributed by atoms with Gasteiger partial charge in [-0.1, -0.05) is 23.2 Å². The molecule has 1 aromatic heterocycles. The fourth-order valence-corrected chi connectivity index (χ4v) is 2.73. The zero-order chi connectivity index (χ0) is 13.8. The van der Waals surface area contributed by atoms with Gasteiger partial charge in [0.1, 0.15) is 0 Å². The first kappa shape index (κ1) is 14.3. The molecule has 0 spiro atoms. The summed E-state index contributed by atoms with van der Waals surface area (Å²) in [6.07, 6.45) is 0.383. The molecule has 2 nitrogen and oxygen atoms in total. The van der Waals surface area contributed by atoms with Crippen LogP contribution in [0.1, 0.15) is 32.9 Å². The van der Waals surface area contributed by atoms with Crippen LogP contribution in [0.5, 0.6) is 0 Å². The van der Waals surface area contributed by atoms with Crippen molar-refractivity contribution in [2.24, 2.45) is 0 Å². The highest BCUT2D eigenvalue weighted by atomic mass is 35.5. The molecule has 1 aromatic carbocycles. The van der Waals surface area contributed by atoms with Crippen LogP contribution < -0.4 is 0 Å². The van der Waals surface area contributed by atoms with E-state index < -0.39 is 0 Å². The average molecular weight is 313 g/mol. The van der Waals surface area contributed by atoms with E-state index in [9.17, 15) is 9.59 Å². The average Bonchev–Trinajstić information content (AvgIpc) is 2.83. The van der Waals surface area contributed by atoms with Gasteiger partial charge in [0, 0.05) is 23.4 Å².